The molecule has 88 valence electrons. The van der Waals surface area contributed by atoms with Crippen LogP contribution >= 0.6 is 12.2 Å². The van der Waals surface area contributed by atoms with E-state index in [0.717, 1.165) is 24.3 Å². The maximum absolute atomic E-state index is 5.53. The summed E-state index contributed by atoms with van der Waals surface area (Å²) in [6, 6.07) is 7.45. The van der Waals surface area contributed by atoms with Crippen molar-refractivity contribution in [2.75, 3.05) is 19.8 Å². The molecule has 0 aliphatic rings. The molecule has 1 aromatic rings. The second kappa shape index (κ2) is 7.19. The fourth-order valence-electron chi connectivity index (χ4n) is 1.20. The van der Waals surface area contributed by atoms with E-state index in [0.29, 0.717) is 18.2 Å². The number of hydrogen-bond acceptors (Lipinski definition) is 3. The first kappa shape index (κ1) is 12.9. The normalized spacial score (nSPS) is 10.1. The third-order valence-corrected chi connectivity index (χ3v) is 2.20. The molecule has 0 saturated carbocycles. The van der Waals surface area contributed by atoms with Gasteiger partial charge in [0, 0.05) is 12.2 Å². The molecule has 0 amide bonds. The van der Waals surface area contributed by atoms with Gasteiger partial charge in [-0.3, -0.25) is 0 Å². The first-order chi connectivity index (χ1) is 7.74. The molecule has 2 N–H and O–H groups in total. The number of hydrogen-bond donors (Lipinski definition) is 1. The van der Waals surface area contributed by atoms with Gasteiger partial charge in [-0.1, -0.05) is 31.3 Å². The van der Waals surface area contributed by atoms with Gasteiger partial charge in [0.2, 0.25) is 0 Å². The number of nitrogens with two attached hydrogens (primary N) is 1. The van der Waals surface area contributed by atoms with Crippen LogP contribution in [0.5, 0.6) is 5.75 Å². The van der Waals surface area contributed by atoms with Gasteiger partial charge in [-0.15, -0.1) is 0 Å². The van der Waals surface area contributed by atoms with Crippen LogP contribution in [0.1, 0.15) is 18.9 Å². The molecule has 0 bridgehead atoms. The fourth-order valence-corrected chi connectivity index (χ4v) is 1.33. The van der Waals surface area contributed by atoms with Crippen LogP contribution in [0, 0.1) is 0 Å². The maximum atomic E-state index is 5.53. The van der Waals surface area contributed by atoms with Crippen molar-refractivity contribution in [3.63, 3.8) is 0 Å². The zero-order valence-electron chi connectivity index (χ0n) is 9.44. The van der Waals surface area contributed by atoms with Gasteiger partial charge in [-0.25, -0.2) is 0 Å². The first-order valence-corrected chi connectivity index (χ1v) is 5.75. The van der Waals surface area contributed by atoms with Crippen molar-refractivity contribution in [3.8, 4) is 5.75 Å². The Bertz CT molecular complexity index is 342. The summed E-state index contributed by atoms with van der Waals surface area (Å²) in [7, 11) is 0. The highest BCUT2D eigenvalue weighted by atomic mass is 32.1. The lowest BCUT2D eigenvalue weighted by molar-refractivity contribution is 0.101. The van der Waals surface area contributed by atoms with Crippen LogP contribution in [0.25, 0.3) is 0 Å². The summed E-state index contributed by atoms with van der Waals surface area (Å²) in [5, 5.41) is 0. The van der Waals surface area contributed by atoms with Crippen molar-refractivity contribution in [1.29, 1.82) is 0 Å². The van der Waals surface area contributed by atoms with E-state index >= 15 is 0 Å². The molecule has 0 saturated heterocycles. The third-order valence-electron chi connectivity index (χ3n) is 1.96. The maximum Gasteiger partial charge on any atom is 0.120 e. The SMILES string of the molecule is CCCOCCOc1cccc(C(N)=S)c1. The van der Waals surface area contributed by atoms with E-state index < -0.39 is 0 Å². The van der Waals surface area contributed by atoms with Crippen LogP contribution in [0.3, 0.4) is 0 Å². The largest absolute Gasteiger partial charge is 0.491 e. The lowest BCUT2D eigenvalue weighted by Crippen LogP contribution is -2.10. The minimum atomic E-state index is 0.382. The summed E-state index contributed by atoms with van der Waals surface area (Å²) >= 11 is 4.89. The lowest BCUT2D eigenvalue weighted by atomic mass is 10.2. The minimum Gasteiger partial charge on any atom is -0.491 e. The van der Waals surface area contributed by atoms with Crippen LogP contribution in [-0.4, -0.2) is 24.8 Å². The summed E-state index contributed by atoms with van der Waals surface area (Å²) in [4.78, 5) is 0.382. The average Bonchev–Trinajstić information content (AvgIpc) is 2.29. The Morgan fingerprint density at radius 2 is 2.12 bits per heavy atom. The van der Waals surface area contributed by atoms with Gasteiger partial charge in [0.25, 0.3) is 0 Å². The van der Waals surface area contributed by atoms with E-state index in [1.165, 1.54) is 0 Å². The molecule has 0 aromatic heterocycles. The molecule has 0 atom stereocenters. The summed E-state index contributed by atoms with van der Waals surface area (Å²) in [5.41, 5.74) is 6.35. The summed E-state index contributed by atoms with van der Waals surface area (Å²) < 4.78 is 10.8. The van der Waals surface area contributed by atoms with Crippen molar-refractivity contribution in [3.05, 3.63) is 29.8 Å². The molecule has 0 unspecified atom stereocenters. The zero-order chi connectivity index (χ0) is 11.8. The van der Waals surface area contributed by atoms with Gasteiger partial charge in [-0.2, -0.15) is 0 Å². The van der Waals surface area contributed by atoms with Crippen molar-refractivity contribution in [2.45, 2.75) is 13.3 Å². The van der Waals surface area contributed by atoms with Crippen molar-refractivity contribution in [1.82, 2.24) is 0 Å². The van der Waals surface area contributed by atoms with E-state index in [4.69, 9.17) is 27.4 Å². The molecule has 1 rings (SSSR count). The van der Waals surface area contributed by atoms with Crippen molar-refractivity contribution < 1.29 is 9.47 Å². The van der Waals surface area contributed by atoms with Crippen LogP contribution in [0.2, 0.25) is 0 Å². The van der Waals surface area contributed by atoms with Crippen LogP contribution in [-0.2, 0) is 4.74 Å². The Labute approximate surface area is 102 Å². The fraction of sp³-hybridized carbons (Fsp3) is 0.417. The monoisotopic (exact) mass is 239 g/mol. The topological polar surface area (TPSA) is 44.5 Å². The minimum absolute atomic E-state index is 0.382. The number of benzene rings is 1. The summed E-state index contributed by atoms with van der Waals surface area (Å²) in [6.45, 7) is 3.99. The Kier molecular flexibility index (Phi) is 5.82. The molecule has 0 heterocycles. The standard InChI is InChI=1S/C12H17NO2S/c1-2-6-14-7-8-15-11-5-3-4-10(9-11)12(13)16/h3-5,9H,2,6-8H2,1H3,(H2,13,16). The van der Waals surface area contributed by atoms with Gasteiger partial charge in [-0.05, 0) is 18.6 Å². The van der Waals surface area contributed by atoms with Crippen molar-refractivity contribution in [2.24, 2.45) is 5.73 Å². The predicted octanol–water partition coefficient (Wildman–Crippen LogP) is 2.13. The van der Waals surface area contributed by atoms with Crippen LogP contribution < -0.4 is 10.5 Å². The number of rotatable bonds is 7. The smallest absolute Gasteiger partial charge is 0.120 e. The number of ether oxygens (including phenoxy) is 2. The second-order valence-electron chi connectivity index (χ2n) is 3.35. The molecule has 16 heavy (non-hydrogen) atoms. The molecular formula is C12H17NO2S. The molecule has 0 aliphatic carbocycles. The second-order valence-corrected chi connectivity index (χ2v) is 3.79. The van der Waals surface area contributed by atoms with E-state index in [2.05, 4.69) is 6.92 Å². The summed E-state index contributed by atoms with van der Waals surface area (Å²) in [6.07, 6.45) is 1.02. The lowest BCUT2D eigenvalue weighted by Gasteiger charge is -2.07. The van der Waals surface area contributed by atoms with E-state index in [1.54, 1.807) is 0 Å². The van der Waals surface area contributed by atoms with Gasteiger partial charge < -0.3 is 15.2 Å². The molecule has 3 nitrogen and oxygen atoms in total. The molecule has 0 fully saturated rings. The number of thiocarbonyl (C=S) groups is 1. The molecule has 0 aliphatic heterocycles. The Morgan fingerprint density at radius 3 is 2.81 bits per heavy atom. The summed E-state index contributed by atoms with van der Waals surface area (Å²) in [5.74, 6) is 0.769. The highest BCUT2D eigenvalue weighted by Gasteiger charge is 1.98. The van der Waals surface area contributed by atoms with Gasteiger partial charge in [0.05, 0.1) is 6.61 Å². The Hall–Kier alpha value is -1.13. The van der Waals surface area contributed by atoms with E-state index in [-0.39, 0.29) is 0 Å². The van der Waals surface area contributed by atoms with E-state index in [1.807, 2.05) is 24.3 Å². The van der Waals surface area contributed by atoms with Crippen LogP contribution in [0.15, 0.2) is 24.3 Å². The predicted molar refractivity (Wildman–Crippen MR) is 68.9 cm³/mol. The van der Waals surface area contributed by atoms with Gasteiger partial charge in [0.1, 0.15) is 17.3 Å². The quantitative estimate of drug-likeness (QED) is 0.585. The first-order valence-electron chi connectivity index (χ1n) is 5.34. The molecule has 1 aromatic carbocycles. The molecular weight excluding hydrogens is 222 g/mol. The van der Waals surface area contributed by atoms with Gasteiger partial charge >= 0.3 is 0 Å². The zero-order valence-corrected chi connectivity index (χ0v) is 10.3. The van der Waals surface area contributed by atoms with E-state index in [9.17, 15) is 0 Å². The van der Waals surface area contributed by atoms with Crippen molar-refractivity contribution >= 4 is 17.2 Å². The third kappa shape index (κ3) is 4.59. The Morgan fingerprint density at radius 1 is 1.31 bits per heavy atom. The van der Waals surface area contributed by atoms with Gasteiger partial charge in [0.15, 0.2) is 0 Å². The average molecular weight is 239 g/mol. The highest BCUT2D eigenvalue weighted by Crippen LogP contribution is 2.12. The molecule has 0 radical (unpaired) electrons. The molecule has 4 heteroatoms. The Balaban J connectivity index is 2.36. The molecule has 0 spiro atoms. The van der Waals surface area contributed by atoms with Crippen LogP contribution in [0.4, 0.5) is 0 Å². The highest BCUT2D eigenvalue weighted by molar-refractivity contribution is 7.80.